The van der Waals surface area contributed by atoms with E-state index >= 15 is 0 Å². The Morgan fingerprint density at radius 1 is 1.12 bits per heavy atom. The molecule has 2 rings (SSSR count). The van der Waals surface area contributed by atoms with E-state index in [0.29, 0.717) is 15.7 Å². The third-order valence-corrected chi connectivity index (χ3v) is 6.39. The SMILES string of the molecule is Cc1ccc([C@@]2(C)CC[C@H](Br)C2(C)C)cc1. The first kappa shape index (κ1) is 12.2. The van der Waals surface area contributed by atoms with Crippen molar-refractivity contribution in [3.8, 4) is 0 Å². The molecular weight excluding hydrogens is 260 g/mol. The molecule has 0 nitrogen and oxygen atoms in total. The molecule has 1 aromatic rings. The minimum atomic E-state index is 0.300. The summed E-state index contributed by atoms with van der Waals surface area (Å²) in [5, 5.41) is 0. The number of halogens is 1. The van der Waals surface area contributed by atoms with Gasteiger partial charge in [-0.15, -0.1) is 0 Å². The predicted molar refractivity (Wildman–Crippen MR) is 74.3 cm³/mol. The number of hydrogen-bond donors (Lipinski definition) is 0. The van der Waals surface area contributed by atoms with Crippen LogP contribution in [0.25, 0.3) is 0 Å². The van der Waals surface area contributed by atoms with E-state index in [9.17, 15) is 0 Å². The quantitative estimate of drug-likeness (QED) is 0.646. The molecule has 0 aromatic heterocycles. The smallest absolute Gasteiger partial charge is 0.0205 e. The first-order valence-corrected chi connectivity index (χ1v) is 7.01. The molecule has 0 spiro atoms. The Labute approximate surface area is 108 Å². The third-order valence-electron chi connectivity index (χ3n) is 4.79. The second kappa shape index (κ2) is 3.87. The van der Waals surface area contributed by atoms with Crippen molar-refractivity contribution in [2.45, 2.75) is 50.8 Å². The highest BCUT2D eigenvalue weighted by atomic mass is 79.9. The number of hydrogen-bond acceptors (Lipinski definition) is 0. The van der Waals surface area contributed by atoms with Gasteiger partial charge in [-0.25, -0.2) is 0 Å². The molecule has 1 fully saturated rings. The van der Waals surface area contributed by atoms with Crippen molar-refractivity contribution in [3.05, 3.63) is 35.4 Å². The molecule has 1 aliphatic rings. The van der Waals surface area contributed by atoms with Gasteiger partial charge in [0.05, 0.1) is 0 Å². The molecule has 0 amide bonds. The first-order valence-electron chi connectivity index (χ1n) is 6.09. The van der Waals surface area contributed by atoms with Crippen LogP contribution < -0.4 is 0 Å². The molecule has 1 aliphatic carbocycles. The van der Waals surface area contributed by atoms with Gasteiger partial charge >= 0.3 is 0 Å². The number of alkyl halides is 1. The highest BCUT2D eigenvalue weighted by molar-refractivity contribution is 9.09. The van der Waals surface area contributed by atoms with Crippen LogP contribution in [-0.4, -0.2) is 4.83 Å². The van der Waals surface area contributed by atoms with Crippen molar-refractivity contribution in [3.63, 3.8) is 0 Å². The van der Waals surface area contributed by atoms with E-state index in [1.54, 1.807) is 0 Å². The molecule has 0 bridgehead atoms. The zero-order chi connectivity index (χ0) is 12.0. The molecule has 1 saturated carbocycles. The van der Waals surface area contributed by atoms with E-state index in [0.717, 1.165) is 0 Å². The van der Waals surface area contributed by atoms with Gasteiger partial charge in [0.15, 0.2) is 0 Å². The zero-order valence-electron chi connectivity index (χ0n) is 10.7. The lowest BCUT2D eigenvalue weighted by molar-refractivity contribution is 0.233. The fourth-order valence-electron chi connectivity index (χ4n) is 2.88. The van der Waals surface area contributed by atoms with Gasteiger partial charge in [0.25, 0.3) is 0 Å². The summed E-state index contributed by atoms with van der Waals surface area (Å²) < 4.78 is 0. The Balaban J connectivity index is 2.43. The van der Waals surface area contributed by atoms with Crippen LogP contribution in [-0.2, 0) is 5.41 Å². The highest BCUT2D eigenvalue weighted by Gasteiger charge is 2.51. The Morgan fingerprint density at radius 2 is 1.69 bits per heavy atom. The maximum Gasteiger partial charge on any atom is 0.0205 e. The van der Waals surface area contributed by atoms with Crippen molar-refractivity contribution < 1.29 is 0 Å². The van der Waals surface area contributed by atoms with Crippen LogP contribution in [0.4, 0.5) is 0 Å². The van der Waals surface area contributed by atoms with Crippen molar-refractivity contribution >= 4 is 15.9 Å². The van der Waals surface area contributed by atoms with Crippen LogP contribution in [0.1, 0.15) is 44.7 Å². The van der Waals surface area contributed by atoms with E-state index in [4.69, 9.17) is 0 Å². The zero-order valence-corrected chi connectivity index (χ0v) is 12.3. The van der Waals surface area contributed by atoms with Crippen LogP contribution in [0.15, 0.2) is 24.3 Å². The summed E-state index contributed by atoms with van der Waals surface area (Å²) in [5.74, 6) is 0. The van der Waals surface area contributed by atoms with Crippen LogP contribution >= 0.6 is 15.9 Å². The average Bonchev–Trinajstić information content (AvgIpc) is 2.44. The van der Waals surface area contributed by atoms with Gasteiger partial charge in [-0.1, -0.05) is 66.5 Å². The number of benzene rings is 1. The van der Waals surface area contributed by atoms with Crippen LogP contribution in [0.2, 0.25) is 0 Å². The normalized spacial score (nSPS) is 32.9. The van der Waals surface area contributed by atoms with Crippen molar-refractivity contribution in [1.82, 2.24) is 0 Å². The summed E-state index contributed by atoms with van der Waals surface area (Å²) in [5.41, 5.74) is 3.46. The summed E-state index contributed by atoms with van der Waals surface area (Å²) in [7, 11) is 0. The lowest BCUT2D eigenvalue weighted by Gasteiger charge is -2.41. The molecule has 16 heavy (non-hydrogen) atoms. The van der Waals surface area contributed by atoms with Gasteiger partial charge < -0.3 is 0 Å². The lowest BCUT2D eigenvalue weighted by Crippen LogP contribution is -2.38. The molecule has 0 saturated heterocycles. The predicted octanol–water partition coefficient (Wildman–Crippen LogP) is 4.84. The molecule has 1 heteroatoms. The first-order chi connectivity index (χ1) is 7.38. The second-order valence-corrected chi connectivity index (χ2v) is 7.03. The summed E-state index contributed by atoms with van der Waals surface area (Å²) in [6.07, 6.45) is 2.55. The molecule has 88 valence electrons. The van der Waals surface area contributed by atoms with Gasteiger partial charge in [0.2, 0.25) is 0 Å². The molecule has 2 atom stereocenters. The van der Waals surface area contributed by atoms with Gasteiger partial charge in [-0.3, -0.25) is 0 Å². The van der Waals surface area contributed by atoms with E-state index in [2.05, 4.69) is 67.9 Å². The van der Waals surface area contributed by atoms with E-state index in [-0.39, 0.29) is 0 Å². The number of aryl methyl sites for hydroxylation is 1. The molecule has 0 heterocycles. The Kier molecular flexibility index (Phi) is 2.94. The van der Waals surface area contributed by atoms with Gasteiger partial charge in [0.1, 0.15) is 0 Å². The molecule has 0 radical (unpaired) electrons. The van der Waals surface area contributed by atoms with Crippen LogP contribution in [0.3, 0.4) is 0 Å². The standard InChI is InChI=1S/C15H21Br/c1-11-5-7-12(8-6-11)15(4)10-9-13(16)14(15,2)3/h5-8,13H,9-10H2,1-4H3/t13-,15+/m0/s1. The maximum absolute atomic E-state index is 3.85. The van der Waals surface area contributed by atoms with Crippen molar-refractivity contribution in [1.29, 1.82) is 0 Å². The maximum atomic E-state index is 3.85. The van der Waals surface area contributed by atoms with Crippen LogP contribution in [0.5, 0.6) is 0 Å². The molecule has 1 aromatic carbocycles. The van der Waals surface area contributed by atoms with Gasteiger partial charge in [-0.2, -0.15) is 0 Å². The van der Waals surface area contributed by atoms with Crippen LogP contribution in [0, 0.1) is 12.3 Å². The van der Waals surface area contributed by atoms with Crippen molar-refractivity contribution in [2.75, 3.05) is 0 Å². The van der Waals surface area contributed by atoms with E-state index in [1.807, 2.05) is 0 Å². The van der Waals surface area contributed by atoms with Gasteiger partial charge in [-0.05, 0) is 36.2 Å². The van der Waals surface area contributed by atoms with Crippen molar-refractivity contribution in [2.24, 2.45) is 5.41 Å². The molecule has 0 aliphatic heterocycles. The van der Waals surface area contributed by atoms with E-state index < -0.39 is 0 Å². The summed E-state index contributed by atoms with van der Waals surface area (Å²) in [6, 6.07) is 9.08. The topological polar surface area (TPSA) is 0 Å². The largest absolute Gasteiger partial charge is 0.0885 e. The second-order valence-electron chi connectivity index (χ2n) is 5.93. The molecular formula is C15H21Br. The minimum Gasteiger partial charge on any atom is -0.0885 e. The Morgan fingerprint density at radius 3 is 2.12 bits per heavy atom. The monoisotopic (exact) mass is 280 g/mol. The third kappa shape index (κ3) is 1.64. The average molecular weight is 281 g/mol. The van der Waals surface area contributed by atoms with E-state index in [1.165, 1.54) is 24.0 Å². The summed E-state index contributed by atoms with van der Waals surface area (Å²) in [6.45, 7) is 9.34. The molecule has 0 unspecified atom stereocenters. The lowest BCUT2D eigenvalue weighted by atomic mass is 9.65. The molecule has 0 N–H and O–H groups in total. The Bertz CT molecular complexity index is 377. The highest BCUT2D eigenvalue weighted by Crippen LogP contribution is 2.56. The minimum absolute atomic E-state index is 0.300. The fourth-order valence-corrected chi connectivity index (χ4v) is 3.62. The summed E-state index contributed by atoms with van der Waals surface area (Å²) >= 11 is 3.85. The summed E-state index contributed by atoms with van der Waals surface area (Å²) in [4.78, 5) is 0.631. The van der Waals surface area contributed by atoms with Gasteiger partial charge in [0, 0.05) is 4.83 Å². The number of rotatable bonds is 1. The fraction of sp³-hybridized carbons (Fsp3) is 0.600. The Hall–Kier alpha value is -0.300.